The fraction of sp³-hybridized carbons (Fsp3) is 0.444. The molecule has 1 N–H and O–H groups in total. The quantitative estimate of drug-likeness (QED) is 0.490. The van der Waals surface area contributed by atoms with Gasteiger partial charge in [0, 0.05) is 6.04 Å². The molecule has 0 fully saturated rings. The normalized spacial score (nSPS) is 12.2. The number of hydrogen-bond acceptors (Lipinski definition) is 4. The Labute approximate surface area is 92.6 Å². The smallest absolute Gasteiger partial charge is 0.276 e. The second-order valence-electron chi connectivity index (χ2n) is 3.24. The number of nitro groups is 1. The summed E-state index contributed by atoms with van der Waals surface area (Å²) in [5.74, 6) is 0.434. The maximum Gasteiger partial charge on any atom is 0.276 e. The average Bonchev–Trinajstić information content (AvgIpc) is 2.16. The van der Waals surface area contributed by atoms with Crippen LogP contribution in [0, 0.1) is 10.1 Å². The first kappa shape index (κ1) is 11.7. The van der Waals surface area contributed by atoms with Crippen molar-refractivity contribution in [3.8, 4) is 0 Å². The van der Waals surface area contributed by atoms with Gasteiger partial charge in [0.05, 0.1) is 17.1 Å². The molecule has 1 aromatic rings. The topological polar surface area (TPSA) is 68.1 Å². The molecule has 1 rings (SSSR count). The van der Waals surface area contributed by atoms with Crippen molar-refractivity contribution in [2.24, 2.45) is 0 Å². The monoisotopic (exact) mass is 229 g/mol. The molecule has 0 spiro atoms. The molecule has 1 aromatic heterocycles. The van der Waals surface area contributed by atoms with Gasteiger partial charge < -0.3 is 5.32 Å². The maximum absolute atomic E-state index is 10.6. The van der Waals surface area contributed by atoms with Crippen molar-refractivity contribution in [2.75, 3.05) is 5.32 Å². The molecule has 0 amide bonds. The van der Waals surface area contributed by atoms with Crippen molar-refractivity contribution < 1.29 is 4.92 Å². The summed E-state index contributed by atoms with van der Waals surface area (Å²) in [4.78, 5) is 14.0. The fourth-order valence-electron chi connectivity index (χ4n) is 1.02. The zero-order valence-corrected chi connectivity index (χ0v) is 9.28. The Morgan fingerprint density at radius 3 is 2.87 bits per heavy atom. The minimum absolute atomic E-state index is 0.0548. The van der Waals surface area contributed by atoms with E-state index in [2.05, 4.69) is 10.3 Å². The molecule has 0 radical (unpaired) electrons. The molecule has 0 saturated heterocycles. The van der Waals surface area contributed by atoms with Crippen LogP contribution in [-0.4, -0.2) is 15.9 Å². The standard InChI is InChI=1S/C9H12ClN3O2/c1-3-6(2)11-9-5-7(13(14)15)4-8(10)12-9/h4-6H,3H2,1-2H3,(H,11,12). The first-order valence-electron chi connectivity index (χ1n) is 4.61. The van der Waals surface area contributed by atoms with E-state index in [0.717, 1.165) is 6.42 Å². The number of rotatable bonds is 4. The van der Waals surface area contributed by atoms with Gasteiger partial charge in [-0.15, -0.1) is 0 Å². The molecule has 0 aliphatic heterocycles. The summed E-state index contributed by atoms with van der Waals surface area (Å²) in [5.41, 5.74) is -0.0548. The van der Waals surface area contributed by atoms with Crippen LogP contribution in [0.2, 0.25) is 5.15 Å². The lowest BCUT2D eigenvalue weighted by Gasteiger charge is -2.11. The van der Waals surface area contributed by atoms with Gasteiger partial charge in [-0.05, 0) is 13.3 Å². The number of aromatic nitrogens is 1. The Balaban J connectivity index is 2.93. The Morgan fingerprint density at radius 1 is 1.67 bits per heavy atom. The predicted molar refractivity (Wildman–Crippen MR) is 59.3 cm³/mol. The highest BCUT2D eigenvalue weighted by Crippen LogP contribution is 2.21. The summed E-state index contributed by atoms with van der Waals surface area (Å²) in [7, 11) is 0. The molecule has 0 aliphatic rings. The molecule has 0 saturated carbocycles. The average molecular weight is 230 g/mol. The SMILES string of the molecule is CCC(C)Nc1cc([N+](=O)[O-])cc(Cl)n1. The Kier molecular flexibility index (Phi) is 3.85. The zero-order valence-electron chi connectivity index (χ0n) is 8.53. The van der Waals surface area contributed by atoms with Gasteiger partial charge in [-0.1, -0.05) is 18.5 Å². The maximum atomic E-state index is 10.6. The van der Waals surface area contributed by atoms with Gasteiger partial charge in [0.25, 0.3) is 5.69 Å². The van der Waals surface area contributed by atoms with Gasteiger partial charge in [-0.3, -0.25) is 10.1 Å². The van der Waals surface area contributed by atoms with Crippen molar-refractivity contribution in [3.63, 3.8) is 0 Å². The van der Waals surface area contributed by atoms with E-state index in [1.54, 1.807) is 0 Å². The van der Waals surface area contributed by atoms with E-state index in [0.29, 0.717) is 5.82 Å². The van der Waals surface area contributed by atoms with Crippen LogP contribution >= 0.6 is 11.6 Å². The van der Waals surface area contributed by atoms with Gasteiger partial charge >= 0.3 is 0 Å². The second kappa shape index (κ2) is 4.93. The Bertz CT molecular complexity index is 370. The lowest BCUT2D eigenvalue weighted by atomic mass is 10.2. The summed E-state index contributed by atoms with van der Waals surface area (Å²) in [5, 5.41) is 13.7. The second-order valence-corrected chi connectivity index (χ2v) is 3.63. The van der Waals surface area contributed by atoms with Crippen molar-refractivity contribution in [2.45, 2.75) is 26.3 Å². The van der Waals surface area contributed by atoms with Gasteiger partial charge in [-0.25, -0.2) is 4.98 Å². The lowest BCUT2D eigenvalue weighted by molar-refractivity contribution is -0.384. The largest absolute Gasteiger partial charge is 0.367 e. The van der Waals surface area contributed by atoms with E-state index in [1.807, 2.05) is 13.8 Å². The summed E-state index contributed by atoms with van der Waals surface area (Å²) in [6.45, 7) is 3.98. The molecule has 5 nitrogen and oxygen atoms in total. The van der Waals surface area contributed by atoms with Crippen LogP contribution in [0.25, 0.3) is 0 Å². The van der Waals surface area contributed by atoms with Crippen LogP contribution in [0.5, 0.6) is 0 Å². The van der Waals surface area contributed by atoms with Crippen molar-refractivity contribution in [3.05, 3.63) is 27.4 Å². The lowest BCUT2D eigenvalue weighted by Crippen LogP contribution is -2.14. The molecule has 15 heavy (non-hydrogen) atoms. The summed E-state index contributed by atoms with van der Waals surface area (Å²) in [6.07, 6.45) is 0.905. The molecule has 82 valence electrons. The Hall–Kier alpha value is -1.36. The Morgan fingerprint density at radius 2 is 2.33 bits per heavy atom. The predicted octanol–water partition coefficient (Wildman–Crippen LogP) is 2.85. The van der Waals surface area contributed by atoms with E-state index in [9.17, 15) is 10.1 Å². The minimum atomic E-state index is -0.491. The third-order valence-corrected chi connectivity index (χ3v) is 2.19. The molecular weight excluding hydrogens is 218 g/mol. The number of anilines is 1. The van der Waals surface area contributed by atoms with E-state index < -0.39 is 4.92 Å². The first-order valence-corrected chi connectivity index (χ1v) is 4.99. The minimum Gasteiger partial charge on any atom is -0.367 e. The molecule has 1 atom stereocenters. The van der Waals surface area contributed by atoms with E-state index in [1.165, 1.54) is 12.1 Å². The number of nitrogens with one attached hydrogen (secondary N) is 1. The summed E-state index contributed by atoms with van der Waals surface area (Å²) >= 11 is 5.67. The third kappa shape index (κ3) is 3.36. The van der Waals surface area contributed by atoms with Crippen molar-refractivity contribution in [1.29, 1.82) is 0 Å². The highest BCUT2D eigenvalue weighted by Gasteiger charge is 2.10. The van der Waals surface area contributed by atoms with Crippen LogP contribution in [-0.2, 0) is 0 Å². The van der Waals surface area contributed by atoms with Gasteiger partial charge in [0.2, 0.25) is 0 Å². The van der Waals surface area contributed by atoms with Gasteiger partial charge in [0.15, 0.2) is 0 Å². The fourth-order valence-corrected chi connectivity index (χ4v) is 1.22. The third-order valence-electron chi connectivity index (χ3n) is 2.00. The van der Waals surface area contributed by atoms with Crippen LogP contribution in [0.3, 0.4) is 0 Å². The summed E-state index contributed by atoms with van der Waals surface area (Å²) < 4.78 is 0. The van der Waals surface area contributed by atoms with Crippen LogP contribution in [0.1, 0.15) is 20.3 Å². The molecule has 1 heterocycles. The van der Waals surface area contributed by atoms with Crippen LogP contribution in [0.15, 0.2) is 12.1 Å². The molecule has 1 unspecified atom stereocenters. The molecule has 0 bridgehead atoms. The van der Waals surface area contributed by atoms with E-state index in [-0.39, 0.29) is 16.9 Å². The zero-order chi connectivity index (χ0) is 11.4. The van der Waals surface area contributed by atoms with Crippen LogP contribution < -0.4 is 5.32 Å². The molecule has 6 heteroatoms. The summed E-state index contributed by atoms with van der Waals surface area (Å²) in [6, 6.07) is 2.80. The first-order chi connectivity index (χ1) is 7.02. The highest BCUT2D eigenvalue weighted by atomic mass is 35.5. The number of nitrogens with zero attached hydrogens (tertiary/aromatic N) is 2. The van der Waals surface area contributed by atoms with Gasteiger partial charge in [-0.2, -0.15) is 0 Å². The van der Waals surface area contributed by atoms with Crippen molar-refractivity contribution >= 4 is 23.1 Å². The molecular formula is C9H12ClN3O2. The number of halogens is 1. The van der Waals surface area contributed by atoms with E-state index in [4.69, 9.17) is 11.6 Å². The highest BCUT2D eigenvalue weighted by molar-refractivity contribution is 6.29. The van der Waals surface area contributed by atoms with Crippen molar-refractivity contribution in [1.82, 2.24) is 4.98 Å². The van der Waals surface area contributed by atoms with Gasteiger partial charge in [0.1, 0.15) is 11.0 Å². The number of pyridine rings is 1. The number of hydrogen-bond donors (Lipinski definition) is 1. The molecule has 0 aromatic carbocycles. The van der Waals surface area contributed by atoms with E-state index >= 15 is 0 Å². The molecule has 0 aliphatic carbocycles. The van der Waals surface area contributed by atoms with Crippen LogP contribution in [0.4, 0.5) is 11.5 Å².